The van der Waals surface area contributed by atoms with E-state index in [4.69, 9.17) is 11.6 Å². The molecule has 0 fully saturated rings. The number of aliphatic hydroxyl groups is 1. The molecule has 98 valence electrons. The molecule has 0 saturated heterocycles. The van der Waals surface area contributed by atoms with Crippen LogP contribution in [0.2, 0.25) is 5.02 Å². The van der Waals surface area contributed by atoms with E-state index in [1.807, 2.05) is 19.1 Å². The number of amides is 1. The second kappa shape index (κ2) is 5.87. The van der Waals surface area contributed by atoms with E-state index in [1.165, 1.54) is 0 Å². The fraction of sp³-hybridized carbons (Fsp3) is 0.133. The van der Waals surface area contributed by atoms with Crippen molar-refractivity contribution in [1.29, 1.82) is 0 Å². The summed E-state index contributed by atoms with van der Waals surface area (Å²) in [6.07, 6.45) is -1.18. The largest absolute Gasteiger partial charge is 0.378 e. The van der Waals surface area contributed by atoms with Crippen molar-refractivity contribution in [2.45, 2.75) is 13.0 Å². The van der Waals surface area contributed by atoms with E-state index in [9.17, 15) is 9.90 Å². The van der Waals surface area contributed by atoms with Crippen LogP contribution in [-0.2, 0) is 4.79 Å². The molecule has 0 saturated carbocycles. The molecule has 1 amide bonds. The first-order valence-electron chi connectivity index (χ1n) is 5.87. The number of carbonyl (C=O) groups is 1. The number of anilines is 1. The van der Waals surface area contributed by atoms with Crippen molar-refractivity contribution >= 4 is 23.2 Å². The van der Waals surface area contributed by atoms with Crippen LogP contribution in [0.1, 0.15) is 17.2 Å². The van der Waals surface area contributed by atoms with Crippen LogP contribution in [-0.4, -0.2) is 11.0 Å². The first-order chi connectivity index (χ1) is 9.06. The van der Waals surface area contributed by atoms with E-state index < -0.39 is 12.0 Å². The van der Waals surface area contributed by atoms with Gasteiger partial charge in [0.05, 0.1) is 0 Å². The number of halogens is 1. The lowest BCUT2D eigenvalue weighted by molar-refractivity contribution is -0.124. The Morgan fingerprint density at radius 2 is 1.68 bits per heavy atom. The Hall–Kier alpha value is -1.84. The molecule has 4 heteroatoms. The van der Waals surface area contributed by atoms with Gasteiger partial charge in [-0.25, -0.2) is 0 Å². The summed E-state index contributed by atoms with van der Waals surface area (Å²) in [5, 5.41) is 13.2. The van der Waals surface area contributed by atoms with E-state index in [2.05, 4.69) is 5.32 Å². The molecule has 1 atom stereocenters. The third kappa shape index (κ3) is 3.56. The minimum Gasteiger partial charge on any atom is -0.378 e. The average Bonchev–Trinajstić information content (AvgIpc) is 2.41. The third-order valence-electron chi connectivity index (χ3n) is 2.75. The summed E-state index contributed by atoms with van der Waals surface area (Å²) in [4.78, 5) is 11.9. The van der Waals surface area contributed by atoms with E-state index in [0.29, 0.717) is 16.3 Å². The summed E-state index contributed by atoms with van der Waals surface area (Å²) in [7, 11) is 0. The van der Waals surface area contributed by atoms with Gasteiger partial charge in [0.2, 0.25) is 0 Å². The smallest absolute Gasteiger partial charge is 0.257 e. The molecule has 0 bridgehead atoms. The van der Waals surface area contributed by atoms with Crippen LogP contribution in [0.25, 0.3) is 0 Å². The molecule has 0 radical (unpaired) electrons. The molecule has 0 aliphatic heterocycles. The molecule has 2 aromatic carbocycles. The Kier molecular flexibility index (Phi) is 4.20. The van der Waals surface area contributed by atoms with Crippen LogP contribution >= 0.6 is 11.6 Å². The maximum absolute atomic E-state index is 11.9. The third-order valence-corrected chi connectivity index (χ3v) is 3.01. The van der Waals surface area contributed by atoms with Crippen molar-refractivity contribution in [2.24, 2.45) is 0 Å². The molecule has 19 heavy (non-hydrogen) atoms. The first-order valence-corrected chi connectivity index (χ1v) is 6.25. The van der Waals surface area contributed by atoms with Crippen LogP contribution in [0, 0.1) is 6.92 Å². The van der Waals surface area contributed by atoms with Gasteiger partial charge in [0, 0.05) is 10.7 Å². The van der Waals surface area contributed by atoms with Gasteiger partial charge in [-0.3, -0.25) is 4.79 Å². The highest BCUT2D eigenvalue weighted by molar-refractivity contribution is 6.30. The van der Waals surface area contributed by atoms with E-state index in [1.54, 1.807) is 36.4 Å². The fourth-order valence-electron chi connectivity index (χ4n) is 1.64. The van der Waals surface area contributed by atoms with Gasteiger partial charge >= 0.3 is 0 Å². The van der Waals surface area contributed by atoms with Gasteiger partial charge < -0.3 is 10.4 Å². The van der Waals surface area contributed by atoms with Gasteiger partial charge in [0.1, 0.15) is 0 Å². The molecule has 0 aromatic heterocycles. The first kappa shape index (κ1) is 13.6. The zero-order valence-electron chi connectivity index (χ0n) is 10.4. The van der Waals surface area contributed by atoms with Gasteiger partial charge in [-0.1, -0.05) is 41.4 Å². The average molecular weight is 276 g/mol. The van der Waals surface area contributed by atoms with Crippen molar-refractivity contribution in [3.63, 3.8) is 0 Å². The summed E-state index contributed by atoms with van der Waals surface area (Å²) in [6, 6.07) is 13.9. The lowest BCUT2D eigenvalue weighted by atomic mass is 10.1. The zero-order valence-corrected chi connectivity index (χ0v) is 11.2. The summed E-state index contributed by atoms with van der Waals surface area (Å²) in [5.41, 5.74) is 2.24. The normalized spacial score (nSPS) is 11.9. The van der Waals surface area contributed by atoms with Crippen LogP contribution in [0.5, 0.6) is 0 Å². The number of aliphatic hydroxyl groups excluding tert-OH is 1. The van der Waals surface area contributed by atoms with Crippen molar-refractivity contribution in [2.75, 3.05) is 5.32 Å². The topological polar surface area (TPSA) is 49.3 Å². The van der Waals surface area contributed by atoms with Crippen LogP contribution in [0.15, 0.2) is 48.5 Å². The lowest BCUT2D eigenvalue weighted by Crippen LogP contribution is -2.20. The van der Waals surface area contributed by atoms with Gasteiger partial charge in [0.25, 0.3) is 5.91 Å². The predicted octanol–water partition coefficient (Wildman–Crippen LogP) is 3.32. The van der Waals surface area contributed by atoms with Crippen molar-refractivity contribution in [3.05, 3.63) is 64.7 Å². The predicted molar refractivity (Wildman–Crippen MR) is 76.2 cm³/mol. The highest BCUT2D eigenvalue weighted by Gasteiger charge is 2.17. The Morgan fingerprint density at radius 3 is 2.26 bits per heavy atom. The SMILES string of the molecule is Cc1ccc(C(O)C(=O)Nc2ccc(Cl)cc2)cc1. The van der Waals surface area contributed by atoms with E-state index in [0.717, 1.165) is 5.56 Å². The molecule has 2 rings (SSSR count). The highest BCUT2D eigenvalue weighted by atomic mass is 35.5. The number of rotatable bonds is 3. The number of carbonyl (C=O) groups excluding carboxylic acids is 1. The standard InChI is InChI=1S/C15H14ClNO2/c1-10-2-4-11(5-3-10)14(18)15(19)17-13-8-6-12(16)7-9-13/h2-9,14,18H,1H3,(H,17,19). The number of hydrogen-bond acceptors (Lipinski definition) is 2. The van der Waals surface area contributed by atoms with E-state index in [-0.39, 0.29) is 0 Å². The molecule has 0 spiro atoms. The number of nitrogens with one attached hydrogen (secondary N) is 1. The zero-order chi connectivity index (χ0) is 13.8. The Labute approximate surface area is 116 Å². The molecule has 0 aliphatic rings. The maximum Gasteiger partial charge on any atom is 0.257 e. The second-order valence-electron chi connectivity index (χ2n) is 4.31. The minimum atomic E-state index is -1.18. The number of hydrogen-bond donors (Lipinski definition) is 2. The molecule has 2 aromatic rings. The van der Waals surface area contributed by atoms with Crippen LogP contribution < -0.4 is 5.32 Å². The summed E-state index contributed by atoms with van der Waals surface area (Å²) < 4.78 is 0. The molecule has 0 aliphatic carbocycles. The Morgan fingerprint density at radius 1 is 1.11 bits per heavy atom. The highest BCUT2D eigenvalue weighted by Crippen LogP contribution is 2.18. The van der Waals surface area contributed by atoms with Gasteiger partial charge in [-0.15, -0.1) is 0 Å². The minimum absolute atomic E-state index is 0.467. The van der Waals surface area contributed by atoms with E-state index >= 15 is 0 Å². The lowest BCUT2D eigenvalue weighted by Gasteiger charge is -2.12. The van der Waals surface area contributed by atoms with Crippen LogP contribution in [0.4, 0.5) is 5.69 Å². The maximum atomic E-state index is 11.9. The summed E-state index contributed by atoms with van der Waals surface area (Å²) in [5.74, 6) is -0.467. The van der Waals surface area contributed by atoms with Gasteiger partial charge in [0.15, 0.2) is 6.10 Å². The molecule has 3 nitrogen and oxygen atoms in total. The summed E-state index contributed by atoms with van der Waals surface area (Å²) in [6.45, 7) is 1.95. The molecular weight excluding hydrogens is 262 g/mol. The molecule has 0 heterocycles. The molecular formula is C15H14ClNO2. The summed E-state index contributed by atoms with van der Waals surface area (Å²) >= 11 is 5.76. The Bertz CT molecular complexity index is 564. The second-order valence-corrected chi connectivity index (χ2v) is 4.75. The number of benzene rings is 2. The van der Waals surface area contributed by atoms with Crippen LogP contribution in [0.3, 0.4) is 0 Å². The Balaban J connectivity index is 2.07. The van der Waals surface area contributed by atoms with Crippen molar-refractivity contribution in [1.82, 2.24) is 0 Å². The monoisotopic (exact) mass is 275 g/mol. The van der Waals surface area contributed by atoms with Gasteiger partial charge in [-0.05, 0) is 36.8 Å². The van der Waals surface area contributed by atoms with Gasteiger partial charge in [-0.2, -0.15) is 0 Å². The molecule has 2 N–H and O–H groups in total. The molecule has 1 unspecified atom stereocenters. The van der Waals surface area contributed by atoms with Crippen molar-refractivity contribution in [3.8, 4) is 0 Å². The number of aryl methyl sites for hydroxylation is 1. The fourth-order valence-corrected chi connectivity index (χ4v) is 1.77. The quantitative estimate of drug-likeness (QED) is 0.903. The van der Waals surface area contributed by atoms with Crippen molar-refractivity contribution < 1.29 is 9.90 Å².